The van der Waals surface area contributed by atoms with E-state index >= 15 is 0 Å². The Kier molecular flexibility index (Phi) is 10.8. The molecule has 0 saturated heterocycles. The van der Waals surface area contributed by atoms with Gasteiger partial charge in [0.05, 0.1) is 12.6 Å². The number of aliphatic carboxylic acids is 1. The van der Waals surface area contributed by atoms with Gasteiger partial charge in [0.15, 0.2) is 0 Å². The molecule has 0 radical (unpaired) electrons. The van der Waals surface area contributed by atoms with Crippen molar-refractivity contribution in [2.45, 2.75) is 43.8 Å². The molecule has 0 fully saturated rings. The maximum absolute atomic E-state index is 12.5. The number of aromatic amines is 1. The van der Waals surface area contributed by atoms with Gasteiger partial charge in [0.25, 0.3) is 0 Å². The Morgan fingerprint density at radius 1 is 1.06 bits per heavy atom. The van der Waals surface area contributed by atoms with Gasteiger partial charge in [0.1, 0.15) is 12.1 Å². The summed E-state index contributed by atoms with van der Waals surface area (Å²) in [5.41, 5.74) is 13.3. The second kappa shape index (κ2) is 13.6. The summed E-state index contributed by atoms with van der Waals surface area (Å²) in [4.78, 5) is 51.6. The number of H-pyrrole nitrogens is 1. The molecule has 1 heterocycles. The van der Waals surface area contributed by atoms with Crippen LogP contribution in [0.4, 0.5) is 0 Å². The maximum atomic E-state index is 12.5. The number of carbonyl (C=O) groups excluding carboxylic acids is 3. The van der Waals surface area contributed by atoms with Crippen LogP contribution in [-0.2, 0) is 25.6 Å². The number of nitrogens with two attached hydrogens (primary N) is 2. The van der Waals surface area contributed by atoms with Gasteiger partial charge in [-0.05, 0) is 43.9 Å². The predicted octanol–water partition coefficient (Wildman–Crippen LogP) is -0.733. The van der Waals surface area contributed by atoms with Gasteiger partial charge in [0, 0.05) is 22.9 Å². The van der Waals surface area contributed by atoms with Crippen molar-refractivity contribution in [1.82, 2.24) is 20.9 Å². The minimum Gasteiger partial charge on any atom is -0.480 e. The van der Waals surface area contributed by atoms with Gasteiger partial charge >= 0.3 is 5.97 Å². The molecule has 3 amide bonds. The van der Waals surface area contributed by atoms with Gasteiger partial charge in [-0.2, -0.15) is 12.6 Å². The molecule has 186 valence electrons. The topological polar surface area (TPSA) is 192 Å². The van der Waals surface area contributed by atoms with Gasteiger partial charge < -0.3 is 37.5 Å². The van der Waals surface area contributed by atoms with Crippen molar-refractivity contribution in [2.75, 3.05) is 18.8 Å². The van der Waals surface area contributed by atoms with E-state index in [1.807, 2.05) is 24.3 Å². The minimum atomic E-state index is -1.23. The lowest BCUT2D eigenvalue weighted by Crippen LogP contribution is -2.54. The second-order valence-electron chi connectivity index (χ2n) is 7.87. The van der Waals surface area contributed by atoms with Crippen LogP contribution in [0.2, 0.25) is 0 Å². The number of fused-ring (bicyclic) bond motifs is 1. The highest BCUT2D eigenvalue weighted by atomic mass is 32.1. The van der Waals surface area contributed by atoms with Crippen molar-refractivity contribution in [3.05, 3.63) is 36.0 Å². The summed E-state index contributed by atoms with van der Waals surface area (Å²) in [5.74, 6) is -3.08. The number of benzene rings is 1. The number of hydrogen-bond donors (Lipinski definition) is 8. The number of nitrogens with one attached hydrogen (secondary N) is 4. The van der Waals surface area contributed by atoms with E-state index in [4.69, 9.17) is 16.6 Å². The Bertz CT molecular complexity index is 997. The molecule has 1 aromatic heterocycles. The summed E-state index contributed by atoms with van der Waals surface area (Å²) in [6, 6.07) is 4.61. The molecule has 2 aromatic rings. The number of hydrogen-bond acceptors (Lipinski definition) is 7. The molecule has 0 spiro atoms. The fourth-order valence-electron chi connectivity index (χ4n) is 3.39. The van der Waals surface area contributed by atoms with Crippen molar-refractivity contribution in [3.8, 4) is 0 Å². The molecule has 9 N–H and O–H groups in total. The Balaban J connectivity index is 1.89. The third-order valence-electron chi connectivity index (χ3n) is 5.27. The summed E-state index contributed by atoms with van der Waals surface area (Å²) in [6.07, 6.45) is 3.53. The Hall–Kier alpha value is -3.09. The van der Waals surface area contributed by atoms with Crippen LogP contribution < -0.4 is 27.4 Å². The van der Waals surface area contributed by atoms with E-state index in [0.717, 1.165) is 16.5 Å². The maximum Gasteiger partial charge on any atom is 0.327 e. The average Bonchev–Trinajstić information content (AvgIpc) is 3.22. The largest absolute Gasteiger partial charge is 0.480 e. The summed E-state index contributed by atoms with van der Waals surface area (Å²) in [7, 11) is 0. The minimum absolute atomic E-state index is 0.102. The van der Waals surface area contributed by atoms with E-state index in [2.05, 4.69) is 33.6 Å². The van der Waals surface area contributed by atoms with E-state index in [1.165, 1.54) is 0 Å². The monoisotopic (exact) mass is 492 g/mol. The molecule has 34 heavy (non-hydrogen) atoms. The highest BCUT2D eigenvalue weighted by Crippen LogP contribution is 2.18. The number of carboxylic acid groups (broad SMARTS) is 1. The number of aromatic nitrogens is 1. The number of carbonyl (C=O) groups is 4. The van der Waals surface area contributed by atoms with E-state index in [9.17, 15) is 19.2 Å². The fraction of sp³-hybridized carbons (Fsp3) is 0.455. The SMILES string of the molecule is NCCCCC(NC(=O)CNC(=O)C(N)Cc1c[nH]c2ccccc12)C(=O)NC(CS)C(=O)O. The Labute approximate surface area is 202 Å². The van der Waals surface area contributed by atoms with Gasteiger partial charge in [-0.1, -0.05) is 18.2 Å². The zero-order valence-electron chi connectivity index (χ0n) is 18.8. The lowest BCUT2D eigenvalue weighted by molar-refractivity contribution is -0.141. The lowest BCUT2D eigenvalue weighted by Gasteiger charge is -2.21. The van der Waals surface area contributed by atoms with Gasteiger partial charge in [-0.25, -0.2) is 4.79 Å². The summed E-state index contributed by atoms with van der Waals surface area (Å²) in [5, 5.41) is 17.5. The molecule has 1 aromatic carbocycles. The van der Waals surface area contributed by atoms with E-state index < -0.39 is 41.8 Å². The molecule has 0 bridgehead atoms. The Morgan fingerprint density at radius 2 is 1.79 bits per heavy atom. The first-order valence-electron chi connectivity index (χ1n) is 11.0. The van der Waals surface area contributed by atoms with Gasteiger partial charge in [-0.3, -0.25) is 14.4 Å². The predicted molar refractivity (Wildman–Crippen MR) is 131 cm³/mol. The molecule has 0 saturated carbocycles. The van der Waals surface area contributed by atoms with Crippen LogP contribution in [0.5, 0.6) is 0 Å². The molecule has 2 rings (SSSR count). The zero-order valence-corrected chi connectivity index (χ0v) is 19.6. The molecule has 12 heteroatoms. The summed E-state index contributed by atoms with van der Waals surface area (Å²) >= 11 is 3.92. The quantitative estimate of drug-likeness (QED) is 0.126. The van der Waals surface area contributed by atoms with Gasteiger partial charge in [0.2, 0.25) is 17.7 Å². The van der Waals surface area contributed by atoms with Crippen LogP contribution in [0.3, 0.4) is 0 Å². The first-order valence-corrected chi connectivity index (χ1v) is 11.6. The summed E-state index contributed by atoms with van der Waals surface area (Å²) < 4.78 is 0. The van der Waals surface area contributed by atoms with Crippen molar-refractivity contribution in [3.63, 3.8) is 0 Å². The van der Waals surface area contributed by atoms with Crippen molar-refractivity contribution >= 4 is 47.2 Å². The number of rotatable bonds is 14. The van der Waals surface area contributed by atoms with Crippen molar-refractivity contribution in [1.29, 1.82) is 0 Å². The highest BCUT2D eigenvalue weighted by molar-refractivity contribution is 7.80. The normalized spacial score (nSPS) is 13.6. The van der Waals surface area contributed by atoms with Crippen LogP contribution in [0.15, 0.2) is 30.5 Å². The van der Waals surface area contributed by atoms with Crippen LogP contribution in [0, 0.1) is 0 Å². The van der Waals surface area contributed by atoms with Crippen molar-refractivity contribution < 1.29 is 24.3 Å². The number of unbranched alkanes of at least 4 members (excludes halogenated alkanes) is 1. The number of thiol groups is 1. The molecule has 11 nitrogen and oxygen atoms in total. The van der Waals surface area contributed by atoms with Gasteiger partial charge in [-0.15, -0.1) is 0 Å². The number of amides is 3. The Morgan fingerprint density at radius 3 is 2.47 bits per heavy atom. The molecular formula is C22H32N6O5S. The summed E-state index contributed by atoms with van der Waals surface area (Å²) in [6.45, 7) is 0.0388. The third-order valence-corrected chi connectivity index (χ3v) is 5.64. The van der Waals surface area contributed by atoms with Crippen LogP contribution in [0.25, 0.3) is 10.9 Å². The molecule has 3 atom stereocenters. The molecular weight excluding hydrogens is 460 g/mol. The van der Waals surface area contributed by atoms with Crippen LogP contribution in [0.1, 0.15) is 24.8 Å². The highest BCUT2D eigenvalue weighted by Gasteiger charge is 2.26. The number of para-hydroxylation sites is 1. The first-order chi connectivity index (χ1) is 16.3. The number of carboxylic acids is 1. The van der Waals surface area contributed by atoms with Crippen LogP contribution >= 0.6 is 12.6 Å². The third kappa shape index (κ3) is 8.04. The average molecular weight is 493 g/mol. The standard InChI is InChI=1S/C22H32N6O5S/c23-8-4-3-7-17(21(31)28-18(12-34)22(32)33)27-19(29)11-26-20(30)15(24)9-13-10-25-16-6-2-1-5-14(13)16/h1-2,5-6,10,15,17-18,25,34H,3-4,7-9,11-12,23-24H2,(H,26,30)(H,27,29)(H,28,31)(H,32,33). The molecule has 0 aliphatic heterocycles. The molecule has 0 aliphatic carbocycles. The second-order valence-corrected chi connectivity index (χ2v) is 8.24. The zero-order chi connectivity index (χ0) is 25.1. The van der Waals surface area contributed by atoms with E-state index in [0.29, 0.717) is 19.4 Å². The lowest BCUT2D eigenvalue weighted by atomic mass is 10.1. The molecule has 3 unspecified atom stereocenters. The van der Waals surface area contributed by atoms with E-state index in [-0.39, 0.29) is 25.1 Å². The van der Waals surface area contributed by atoms with E-state index in [1.54, 1.807) is 6.20 Å². The first kappa shape index (κ1) is 27.2. The molecule has 0 aliphatic rings. The van der Waals surface area contributed by atoms with Crippen LogP contribution in [-0.4, -0.2) is 70.7 Å². The smallest absolute Gasteiger partial charge is 0.327 e. The fourth-order valence-corrected chi connectivity index (χ4v) is 3.64. The van der Waals surface area contributed by atoms with Crippen molar-refractivity contribution in [2.24, 2.45) is 11.5 Å².